The predicted octanol–water partition coefficient (Wildman–Crippen LogP) is 3.94. The normalized spacial score (nSPS) is 14.0. The molecule has 0 aliphatic carbocycles. The number of unbranched alkanes of at least 4 members (excludes halogenated alkanes) is 5. The smallest absolute Gasteiger partial charge is 0.307 e. The lowest BCUT2D eigenvalue weighted by molar-refractivity contribution is -0.154. The average molecular weight is 272 g/mol. The van der Waals surface area contributed by atoms with Gasteiger partial charge in [0.1, 0.15) is 0 Å². The van der Waals surface area contributed by atoms with Gasteiger partial charge in [-0.05, 0) is 12.8 Å². The van der Waals surface area contributed by atoms with Crippen LogP contribution in [0.5, 0.6) is 0 Å². The molecule has 0 radical (unpaired) electrons. The SMILES string of the molecule is CCCCCCC(C(=O)O)C(CCCCC)C(=O)O. The van der Waals surface area contributed by atoms with Gasteiger partial charge in [0.2, 0.25) is 0 Å². The Hall–Kier alpha value is -1.06. The van der Waals surface area contributed by atoms with Gasteiger partial charge in [-0.1, -0.05) is 58.8 Å². The van der Waals surface area contributed by atoms with E-state index in [0.717, 1.165) is 44.9 Å². The second kappa shape index (κ2) is 10.8. The van der Waals surface area contributed by atoms with Crippen LogP contribution in [0.15, 0.2) is 0 Å². The first-order valence-electron chi connectivity index (χ1n) is 7.50. The van der Waals surface area contributed by atoms with E-state index in [-0.39, 0.29) is 0 Å². The summed E-state index contributed by atoms with van der Waals surface area (Å²) in [6.45, 7) is 4.15. The first-order valence-corrected chi connectivity index (χ1v) is 7.50. The molecule has 0 rings (SSSR count). The molecule has 4 heteroatoms. The molecule has 19 heavy (non-hydrogen) atoms. The zero-order chi connectivity index (χ0) is 14.7. The van der Waals surface area contributed by atoms with Crippen LogP contribution in [0.25, 0.3) is 0 Å². The van der Waals surface area contributed by atoms with Crippen LogP contribution in [0, 0.1) is 11.8 Å². The molecular weight excluding hydrogens is 244 g/mol. The molecule has 0 heterocycles. The fourth-order valence-corrected chi connectivity index (χ4v) is 2.40. The Balaban J connectivity index is 4.40. The van der Waals surface area contributed by atoms with E-state index in [4.69, 9.17) is 0 Å². The van der Waals surface area contributed by atoms with E-state index in [1.54, 1.807) is 0 Å². The molecular formula is C15H28O4. The standard InChI is InChI=1S/C15H28O4/c1-3-5-7-9-11-13(15(18)19)12(14(16)17)10-8-6-4-2/h12-13H,3-11H2,1-2H3,(H,16,17)(H,18,19). The van der Waals surface area contributed by atoms with Crippen LogP contribution in [0.1, 0.15) is 71.6 Å². The molecule has 0 fully saturated rings. The quantitative estimate of drug-likeness (QED) is 0.528. The summed E-state index contributed by atoms with van der Waals surface area (Å²) in [6, 6.07) is 0. The first kappa shape index (κ1) is 17.9. The number of carboxylic acid groups (broad SMARTS) is 2. The van der Waals surface area contributed by atoms with E-state index in [0.29, 0.717) is 12.8 Å². The Morgan fingerprint density at radius 1 is 0.737 bits per heavy atom. The van der Waals surface area contributed by atoms with E-state index in [1.807, 2.05) is 0 Å². The Kier molecular flexibility index (Phi) is 10.2. The van der Waals surface area contributed by atoms with Crippen molar-refractivity contribution in [3.8, 4) is 0 Å². The molecule has 0 amide bonds. The summed E-state index contributed by atoms with van der Waals surface area (Å²) >= 11 is 0. The van der Waals surface area contributed by atoms with Crippen LogP contribution in [-0.2, 0) is 9.59 Å². The minimum atomic E-state index is -0.959. The lowest BCUT2D eigenvalue weighted by Gasteiger charge is -2.20. The van der Waals surface area contributed by atoms with Gasteiger partial charge in [0.25, 0.3) is 0 Å². The Morgan fingerprint density at radius 3 is 1.47 bits per heavy atom. The van der Waals surface area contributed by atoms with Crippen molar-refractivity contribution in [3.05, 3.63) is 0 Å². The summed E-state index contributed by atoms with van der Waals surface area (Å²) in [5.41, 5.74) is 0. The van der Waals surface area contributed by atoms with Gasteiger partial charge >= 0.3 is 11.9 Å². The third-order valence-electron chi connectivity index (χ3n) is 3.61. The van der Waals surface area contributed by atoms with E-state index in [2.05, 4.69) is 13.8 Å². The Bertz CT molecular complexity index is 263. The number of rotatable bonds is 12. The first-order chi connectivity index (χ1) is 9.04. The monoisotopic (exact) mass is 272 g/mol. The third kappa shape index (κ3) is 7.85. The lowest BCUT2D eigenvalue weighted by atomic mass is 9.84. The number of aliphatic carboxylic acids is 2. The molecule has 0 aromatic rings. The highest BCUT2D eigenvalue weighted by Gasteiger charge is 2.32. The van der Waals surface area contributed by atoms with Crippen molar-refractivity contribution in [2.45, 2.75) is 71.6 Å². The van der Waals surface area contributed by atoms with Crippen LogP contribution < -0.4 is 0 Å². The van der Waals surface area contributed by atoms with E-state index < -0.39 is 23.8 Å². The van der Waals surface area contributed by atoms with Crippen LogP contribution in [0.3, 0.4) is 0 Å². The molecule has 0 bridgehead atoms. The molecule has 0 aliphatic rings. The van der Waals surface area contributed by atoms with E-state index in [9.17, 15) is 19.8 Å². The molecule has 0 saturated heterocycles. The van der Waals surface area contributed by atoms with E-state index >= 15 is 0 Å². The van der Waals surface area contributed by atoms with Gasteiger partial charge in [0.05, 0.1) is 11.8 Å². The number of hydrogen-bond acceptors (Lipinski definition) is 2. The molecule has 4 nitrogen and oxygen atoms in total. The topological polar surface area (TPSA) is 74.6 Å². The van der Waals surface area contributed by atoms with Crippen molar-refractivity contribution in [3.63, 3.8) is 0 Å². The van der Waals surface area contributed by atoms with Crippen LogP contribution in [-0.4, -0.2) is 22.2 Å². The second-order valence-corrected chi connectivity index (χ2v) is 5.23. The molecule has 0 spiro atoms. The van der Waals surface area contributed by atoms with Crippen molar-refractivity contribution < 1.29 is 19.8 Å². The van der Waals surface area contributed by atoms with Gasteiger partial charge in [0.15, 0.2) is 0 Å². The molecule has 2 unspecified atom stereocenters. The molecule has 2 atom stereocenters. The number of carbonyl (C=O) groups is 2. The predicted molar refractivity (Wildman–Crippen MR) is 75.2 cm³/mol. The van der Waals surface area contributed by atoms with Gasteiger partial charge in [0, 0.05) is 0 Å². The van der Waals surface area contributed by atoms with Crippen molar-refractivity contribution >= 4 is 11.9 Å². The summed E-state index contributed by atoms with van der Waals surface area (Å²) in [6.07, 6.45) is 7.71. The summed E-state index contributed by atoms with van der Waals surface area (Å²) in [5, 5.41) is 18.5. The maximum atomic E-state index is 11.3. The summed E-state index contributed by atoms with van der Waals surface area (Å²) < 4.78 is 0. The van der Waals surface area contributed by atoms with Crippen molar-refractivity contribution in [1.29, 1.82) is 0 Å². The highest BCUT2D eigenvalue weighted by atomic mass is 16.4. The molecule has 112 valence electrons. The lowest BCUT2D eigenvalue weighted by Crippen LogP contribution is -2.30. The molecule has 0 saturated carbocycles. The van der Waals surface area contributed by atoms with E-state index in [1.165, 1.54) is 0 Å². The number of hydrogen-bond donors (Lipinski definition) is 2. The number of carboxylic acids is 2. The molecule has 0 aliphatic heterocycles. The zero-order valence-corrected chi connectivity index (χ0v) is 12.2. The van der Waals surface area contributed by atoms with Crippen LogP contribution >= 0.6 is 0 Å². The largest absolute Gasteiger partial charge is 0.481 e. The maximum absolute atomic E-state index is 11.3. The van der Waals surface area contributed by atoms with Crippen LogP contribution in [0.2, 0.25) is 0 Å². The van der Waals surface area contributed by atoms with Gasteiger partial charge in [-0.15, -0.1) is 0 Å². The highest BCUT2D eigenvalue weighted by molar-refractivity contribution is 5.79. The minimum Gasteiger partial charge on any atom is -0.481 e. The van der Waals surface area contributed by atoms with Gasteiger partial charge in [-0.3, -0.25) is 9.59 Å². The summed E-state index contributed by atoms with van der Waals surface area (Å²) in [5.74, 6) is -3.38. The highest BCUT2D eigenvalue weighted by Crippen LogP contribution is 2.25. The van der Waals surface area contributed by atoms with Gasteiger partial charge in [-0.2, -0.15) is 0 Å². The summed E-state index contributed by atoms with van der Waals surface area (Å²) in [4.78, 5) is 22.5. The zero-order valence-electron chi connectivity index (χ0n) is 12.2. The van der Waals surface area contributed by atoms with Gasteiger partial charge < -0.3 is 10.2 Å². The average Bonchev–Trinajstić information content (AvgIpc) is 2.35. The minimum absolute atomic E-state index is 0.480. The van der Waals surface area contributed by atoms with Crippen LogP contribution in [0.4, 0.5) is 0 Å². The second-order valence-electron chi connectivity index (χ2n) is 5.23. The summed E-state index contributed by atoms with van der Waals surface area (Å²) in [7, 11) is 0. The maximum Gasteiger partial charge on any atom is 0.307 e. The Morgan fingerprint density at radius 2 is 1.11 bits per heavy atom. The van der Waals surface area contributed by atoms with Crippen molar-refractivity contribution in [1.82, 2.24) is 0 Å². The molecule has 0 aromatic carbocycles. The fourth-order valence-electron chi connectivity index (χ4n) is 2.40. The van der Waals surface area contributed by atoms with Crippen molar-refractivity contribution in [2.75, 3.05) is 0 Å². The van der Waals surface area contributed by atoms with Gasteiger partial charge in [-0.25, -0.2) is 0 Å². The molecule has 0 aromatic heterocycles. The fraction of sp³-hybridized carbons (Fsp3) is 0.867. The third-order valence-corrected chi connectivity index (χ3v) is 3.61. The molecule has 2 N–H and O–H groups in total. The Labute approximate surface area is 116 Å². The van der Waals surface area contributed by atoms with Crippen molar-refractivity contribution in [2.24, 2.45) is 11.8 Å².